The summed E-state index contributed by atoms with van der Waals surface area (Å²) in [6.45, 7) is 5.87. The van der Waals surface area contributed by atoms with Gasteiger partial charge in [0.05, 0.1) is 5.75 Å². The number of carbonyl (C=O) groups excluding carboxylic acids is 1. The molecule has 0 aromatic heterocycles. The van der Waals surface area contributed by atoms with Crippen LogP contribution in [0.5, 0.6) is 0 Å². The van der Waals surface area contributed by atoms with Crippen LogP contribution < -0.4 is 10.6 Å². The van der Waals surface area contributed by atoms with Crippen molar-refractivity contribution in [1.29, 1.82) is 0 Å². The Kier molecular flexibility index (Phi) is 6.26. The molecule has 1 rings (SSSR count). The van der Waals surface area contributed by atoms with Gasteiger partial charge >= 0.3 is 0 Å². The third kappa shape index (κ3) is 6.92. The molecule has 1 aliphatic rings. The Bertz CT molecular complexity index is 389. The van der Waals surface area contributed by atoms with Gasteiger partial charge in [-0.25, -0.2) is 8.42 Å². The number of sulfone groups is 1. The molecule has 1 aliphatic heterocycles. The average molecular weight is 290 g/mol. The molecular formula is C13H26N2O3S. The molecular weight excluding hydrogens is 264 g/mol. The fourth-order valence-corrected chi connectivity index (χ4v) is 3.64. The van der Waals surface area contributed by atoms with Crippen LogP contribution in [0.2, 0.25) is 0 Å². The lowest BCUT2D eigenvalue weighted by Crippen LogP contribution is -2.40. The number of rotatable bonds is 6. The van der Waals surface area contributed by atoms with Gasteiger partial charge in [0.1, 0.15) is 9.84 Å². The first-order chi connectivity index (χ1) is 8.78. The molecule has 0 spiro atoms. The first-order valence-electron chi connectivity index (χ1n) is 6.95. The van der Waals surface area contributed by atoms with Crippen molar-refractivity contribution in [2.75, 3.05) is 25.1 Å². The van der Waals surface area contributed by atoms with E-state index in [9.17, 15) is 13.2 Å². The van der Waals surface area contributed by atoms with E-state index in [0.717, 1.165) is 13.1 Å². The van der Waals surface area contributed by atoms with Crippen LogP contribution in [0.1, 0.15) is 33.1 Å². The van der Waals surface area contributed by atoms with Gasteiger partial charge in [-0.2, -0.15) is 0 Å². The van der Waals surface area contributed by atoms with E-state index in [-0.39, 0.29) is 17.7 Å². The second-order valence-electron chi connectivity index (χ2n) is 5.85. The zero-order valence-electron chi connectivity index (χ0n) is 12.1. The minimum Gasteiger partial charge on any atom is -0.353 e. The third-order valence-corrected chi connectivity index (χ3v) is 4.71. The van der Waals surface area contributed by atoms with Crippen LogP contribution >= 0.6 is 0 Å². The highest BCUT2D eigenvalue weighted by Gasteiger charge is 2.22. The lowest BCUT2D eigenvalue weighted by atomic mass is 9.85. The second kappa shape index (κ2) is 7.24. The maximum absolute atomic E-state index is 11.9. The zero-order chi connectivity index (χ0) is 14.5. The van der Waals surface area contributed by atoms with E-state index in [1.165, 1.54) is 19.1 Å². The van der Waals surface area contributed by atoms with E-state index >= 15 is 0 Å². The SMILES string of the molecule is CC(CS(C)(=O)=O)NC(=O)CC(C)C1CCCNC1. The van der Waals surface area contributed by atoms with Gasteiger partial charge in [-0.15, -0.1) is 0 Å². The lowest BCUT2D eigenvalue weighted by molar-refractivity contribution is -0.122. The van der Waals surface area contributed by atoms with Gasteiger partial charge in [0.2, 0.25) is 5.91 Å². The summed E-state index contributed by atoms with van der Waals surface area (Å²) >= 11 is 0. The molecule has 0 aromatic rings. The monoisotopic (exact) mass is 290 g/mol. The van der Waals surface area contributed by atoms with Gasteiger partial charge in [0.25, 0.3) is 0 Å². The van der Waals surface area contributed by atoms with Crippen LogP contribution in [-0.4, -0.2) is 45.5 Å². The number of piperidine rings is 1. The molecule has 0 bridgehead atoms. The van der Waals surface area contributed by atoms with Crippen LogP contribution in [0.15, 0.2) is 0 Å². The van der Waals surface area contributed by atoms with Gasteiger partial charge in [-0.1, -0.05) is 6.92 Å². The minimum absolute atomic E-state index is 0.00188. The molecule has 0 aromatic carbocycles. The zero-order valence-corrected chi connectivity index (χ0v) is 12.9. The Morgan fingerprint density at radius 3 is 2.63 bits per heavy atom. The highest BCUT2D eigenvalue weighted by Crippen LogP contribution is 2.22. The van der Waals surface area contributed by atoms with Crippen molar-refractivity contribution in [3.05, 3.63) is 0 Å². The van der Waals surface area contributed by atoms with Gasteiger partial charge in [0, 0.05) is 18.7 Å². The maximum Gasteiger partial charge on any atom is 0.220 e. The fourth-order valence-electron chi connectivity index (χ4n) is 2.65. The fraction of sp³-hybridized carbons (Fsp3) is 0.923. The van der Waals surface area contributed by atoms with Gasteiger partial charge in [0.15, 0.2) is 0 Å². The Hall–Kier alpha value is -0.620. The molecule has 1 heterocycles. The molecule has 3 unspecified atom stereocenters. The van der Waals surface area contributed by atoms with Crippen molar-refractivity contribution in [3.63, 3.8) is 0 Å². The van der Waals surface area contributed by atoms with Crippen LogP contribution in [0, 0.1) is 11.8 Å². The summed E-state index contributed by atoms with van der Waals surface area (Å²) in [5.74, 6) is 0.829. The van der Waals surface area contributed by atoms with E-state index in [0.29, 0.717) is 18.3 Å². The largest absolute Gasteiger partial charge is 0.353 e. The summed E-state index contributed by atoms with van der Waals surface area (Å²) in [5, 5.41) is 6.12. The summed E-state index contributed by atoms with van der Waals surface area (Å²) in [5.41, 5.74) is 0. The molecule has 112 valence electrons. The molecule has 0 saturated carbocycles. The highest BCUT2D eigenvalue weighted by molar-refractivity contribution is 7.90. The molecule has 2 N–H and O–H groups in total. The lowest BCUT2D eigenvalue weighted by Gasteiger charge is -2.28. The Balaban J connectivity index is 2.33. The number of carbonyl (C=O) groups is 1. The Morgan fingerprint density at radius 2 is 2.11 bits per heavy atom. The molecule has 0 aliphatic carbocycles. The van der Waals surface area contributed by atoms with Crippen molar-refractivity contribution >= 4 is 15.7 Å². The van der Waals surface area contributed by atoms with Crippen LogP contribution in [0.3, 0.4) is 0 Å². The van der Waals surface area contributed by atoms with Crippen molar-refractivity contribution in [2.24, 2.45) is 11.8 Å². The summed E-state index contributed by atoms with van der Waals surface area (Å²) in [6, 6.07) is -0.320. The number of hydrogen-bond donors (Lipinski definition) is 2. The molecule has 1 amide bonds. The van der Waals surface area contributed by atoms with Gasteiger partial charge in [-0.05, 0) is 44.7 Å². The van der Waals surface area contributed by atoms with Crippen molar-refractivity contribution < 1.29 is 13.2 Å². The van der Waals surface area contributed by atoms with E-state index in [1.807, 2.05) is 0 Å². The summed E-state index contributed by atoms with van der Waals surface area (Å²) < 4.78 is 22.3. The molecule has 0 radical (unpaired) electrons. The average Bonchev–Trinajstić information content (AvgIpc) is 2.27. The van der Waals surface area contributed by atoms with E-state index in [2.05, 4.69) is 17.6 Å². The smallest absolute Gasteiger partial charge is 0.220 e. The van der Waals surface area contributed by atoms with Crippen molar-refractivity contribution in [2.45, 2.75) is 39.2 Å². The molecule has 1 saturated heterocycles. The van der Waals surface area contributed by atoms with Crippen LogP contribution in [0.25, 0.3) is 0 Å². The van der Waals surface area contributed by atoms with E-state index in [1.54, 1.807) is 6.92 Å². The number of nitrogens with one attached hydrogen (secondary N) is 2. The standard InChI is InChI=1S/C13H26N2O3S/c1-10(12-5-4-6-14-8-12)7-13(16)15-11(2)9-19(3,17)18/h10-12,14H,4-9H2,1-3H3,(H,15,16). The Morgan fingerprint density at radius 1 is 1.42 bits per heavy atom. The molecule has 6 heteroatoms. The molecule has 5 nitrogen and oxygen atoms in total. The summed E-state index contributed by atoms with van der Waals surface area (Å²) in [6.07, 6.45) is 3.99. The number of amides is 1. The van der Waals surface area contributed by atoms with Crippen molar-refractivity contribution in [3.8, 4) is 0 Å². The predicted molar refractivity (Wildman–Crippen MR) is 76.7 cm³/mol. The highest BCUT2D eigenvalue weighted by atomic mass is 32.2. The Labute approximate surface area is 116 Å². The summed E-state index contributed by atoms with van der Waals surface area (Å²) in [4.78, 5) is 11.9. The molecule has 1 fully saturated rings. The molecule has 3 atom stereocenters. The second-order valence-corrected chi connectivity index (χ2v) is 8.03. The first kappa shape index (κ1) is 16.4. The van der Waals surface area contributed by atoms with Gasteiger partial charge in [-0.3, -0.25) is 4.79 Å². The summed E-state index contributed by atoms with van der Waals surface area (Å²) in [7, 11) is -3.04. The first-order valence-corrected chi connectivity index (χ1v) is 9.02. The minimum atomic E-state index is -3.04. The maximum atomic E-state index is 11.9. The van der Waals surface area contributed by atoms with Crippen LogP contribution in [-0.2, 0) is 14.6 Å². The quantitative estimate of drug-likeness (QED) is 0.749. The molecule has 19 heavy (non-hydrogen) atoms. The topological polar surface area (TPSA) is 75.3 Å². The normalized spacial score (nSPS) is 23.6. The van der Waals surface area contributed by atoms with E-state index in [4.69, 9.17) is 0 Å². The van der Waals surface area contributed by atoms with Crippen molar-refractivity contribution in [1.82, 2.24) is 10.6 Å². The van der Waals surface area contributed by atoms with Crippen LogP contribution in [0.4, 0.5) is 0 Å². The van der Waals surface area contributed by atoms with Gasteiger partial charge < -0.3 is 10.6 Å². The third-order valence-electron chi connectivity index (χ3n) is 3.61. The number of hydrogen-bond acceptors (Lipinski definition) is 4. The van der Waals surface area contributed by atoms with E-state index < -0.39 is 9.84 Å². The predicted octanol–water partition coefficient (Wildman–Crippen LogP) is 0.562.